The highest BCUT2D eigenvalue weighted by molar-refractivity contribution is 7.13. The summed E-state index contributed by atoms with van der Waals surface area (Å²) in [6.07, 6.45) is 2.15. The zero-order valence-corrected chi connectivity index (χ0v) is 19.9. The van der Waals surface area contributed by atoms with Crippen LogP contribution in [0.4, 0.5) is 18.0 Å². The number of thiazole rings is 1. The summed E-state index contributed by atoms with van der Waals surface area (Å²) in [6, 6.07) is 0.190. The van der Waals surface area contributed by atoms with E-state index in [-0.39, 0.29) is 17.3 Å². The van der Waals surface area contributed by atoms with E-state index in [1.54, 1.807) is 0 Å². The Kier molecular flexibility index (Phi) is 8.30. The van der Waals surface area contributed by atoms with Crippen molar-refractivity contribution in [3.8, 4) is 5.19 Å². The molecular formula is C22H34F3N3O3S. The first kappa shape index (κ1) is 25.1. The third-order valence-electron chi connectivity index (χ3n) is 5.86. The molecule has 1 aliphatic carbocycles. The lowest BCUT2D eigenvalue weighted by atomic mass is 9.84. The minimum absolute atomic E-state index is 0.123. The zero-order chi connectivity index (χ0) is 23.4. The van der Waals surface area contributed by atoms with Gasteiger partial charge in [-0.05, 0) is 71.8 Å². The lowest BCUT2D eigenvalue weighted by molar-refractivity contribution is -0.153. The van der Waals surface area contributed by atoms with Gasteiger partial charge in [-0.1, -0.05) is 11.3 Å². The summed E-state index contributed by atoms with van der Waals surface area (Å²) in [5.41, 5.74) is 0.397. The third kappa shape index (κ3) is 8.42. The number of alkyl carbamates (subject to hydrolysis) is 1. The van der Waals surface area contributed by atoms with E-state index in [9.17, 15) is 18.0 Å². The van der Waals surface area contributed by atoms with Gasteiger partial charge in [-0.2, -0.15) is 13.2 Å². The largest absolute Gasteiger partial charge is 0.460 e. The molecule has 0 atom stereocenters. The second-order valence-corrected chi connectivity index (χ2v) is 10.8. The molecule has 0 spiro atoms. The van der Waals surface area contributed by atoms with Gasteiger partial charge in [-0.15, -0.1) is 0 Å². The summed E-state index contributed by atoms with van der Waals surface area (Å²) in [5, 5.41) is 3.11. The molecule has 1 saturated carbocycles. The number of nitrogens with zero attached hydrogens (tertiary/aromatic N) is 2. The fourth-order valence-electron chi connectivity index (χ4n) is 4.25. The van der Waals surface area contributed by atoms with Crippen LogP contribution in [0.25, 0.3) is 0 Å². The molecule has 1 N–H and O–H groups in total. The first-order chi connectivity index (χ1) is 15.0. The monoisotopic (exact) mass is 477 g/mol. The number of ether oxygens (including phenoxy) is 2. The first-order valence-corrected chi connectivity index (χ1v) is 12.2. The van der Waals surface area contributed by atoms with Gasteiger partial charge in [0, 0.05) is 30.4 Å². The van der Waals surface area contributed by atoms with E-state index >= 15 is 0 Å². The molecule has 0 radical (unpaired) electrons. The number of aromatic nitrogens is 1. The Bertz CT molecular complexity index is 730. The quantitative estimate of drug-likeness (QED) is 0.628. The average molecular weight is 478 g/mol. The number of hydrogen-bond donors (Lipinski definition) is 1. The van der Waals surface area contributed by atoms with Gasteiger partial charge in [0.2, 0.25) is 0 Å². The van der Waals surface area contributed by atoms with Crippen molar-refractivity contribution in [2.75, 3.05) is 26.2 Å². The maximum Gasteiger partial charge on any atom is 0.422 e. The molecule has 0 unspecified atom stereocenters. The number of alkyl halides is 3. The van der Waals surface area contributed by atoms with Crippen molar-refractivity contribution in [3.05, 3.63) is 10.6 Å². The highest BCUT2D eigenvalue weighted by atomic mass is 32.1. The number of hydrogen-bond acceptors (Lipinski definition) is 6. The van der Waals surface area contributed by atoms with Crippen molar-refractivity contribution in [1.82, 2.24) is 15.2 Å². The van der Waals surface area contributed by atoms with Crippen molar-refractivity contribution in [1.29, 1.82) is 0 Å². The standard InChI is InChI=1S/C22H34F3N3O3S/c1-21(2,3)31-19(29)26-16-6-4-15(5-7-16)8-11-28-12-9-17-18(10-13-28)32-20(27-17)30-14-22(23,24)25/h15-16H,4-14H2,1-3H3,(H,26,29)/t15-,16-. The van der Waals surface area contributed by atoms with Gasteiger partial charge < -0.3 is 19.7 Å². The second kappa shape index (κ2) is 10.6. The molecule has 0 bridgehead atoms. The normalized spacial score (nSPS) is 22.7. The Labute approximate surface area is 191 Å². The van der Waals surface area contributed by atoms with E-state index in [1.807, 2.05) is 20.8 Å². The van der Waals surface area contributed by atoms with Gasteiger partial charge >= 0.3 is 12.3 Å². The molecule has 1 amide bonds. The molecule has 0 saturated heterocycles. The Morgan fingerprint density at radius 2 is 1.84 bits per heavy atom. The Balaban J connectivity index is 1.35. The minimum Gasteiger partial charge on any atom is -0.460 e. The molecule has 3 rings (SSSR count). The van der Waals surface area contributed by atoms with Crippen LogP contribution >= 0.6 is 11.3 Å². The van der Waals surface area contributed by atoms with E-state index in [0.29, 0.717) is 5.92 Å². The molecule has 32 heavy (non-hydrogen) atoms. The van der Waals surface area contributed by atoms with E-state index in [4.69, 9.17) is 9.47 Å². The van der Waals surface area contributed by atoms with Crippen LogP contribution in [0, 0.1) is 5.92 Å². The summed E-state index contributed by atoms with van der Waals surface area (Å²) in [6.45, 7) is 7.07. The molecular weight excluding hydrogens is 443 g/mol. The number of rotatable bonds is 6. The van der Waals surface area contributed by atoms with Crippen LogP contribution in [0.2, 0.25) is 0 Å². The second-order valence-electron chi connectivity index (χ2n) is 9.75. The van der Waals surface area contributed by atoms with E-state index in [1.165, 1.54) is 11.3 Å². The number of carbonyl (C=O) groups excluding carboxylic acids is 1. The van der Waals surface area contributed by atoms with Gasteiger partial charge in [0.1, 0.15) is 5.60 Å². The Morgan fingerprint density at radius 3 is 2.50 bits per heavy atom. The molecule has 6 nitrogen and oxygen atoms in total. The van der Waals surface area contributed by atoms with Gasteiger partial charge in [0.15, 0.2) is 6.61 Å². The lowest BCUT2D eigenvalue weighted by Gasteiger charge is -2.31. The SMILES string of the molecule is CC(C)(C)OC(=O)N[C@H]1CC[C@H](CCN2CCc3nc(OCC(F)(F)F)sc3CC2)CC1. The molecule has 1 aromatic heterocycles. The molecule has 0 aromatic carbocycles. The minimum atomic E-state index is -4.34. The van der Waals surface area contributed by atoms with Crippen LogP contribution < -0.4 is 10.1 Å². The van der Waals surface area contributed by atoms with Crippen molar-refractivity contribution in [2.24, 2.45) is 5.92 Å². The van der Waals surface area contributed by atoms with E-state index < -0.39 is 18.4 Å². The van der Waals surface area contributed by atoms with E-state index in [0.717, 1.165) is 75.2 Å². The van der Waals surface area contributed by atoms with Crippen LogP contribution in [-0.4, -0.2) is 60.0 Å². The van der Waals surface area contributed by atoms with Gasteiger partial charge in [-0.3, -0.25) is 0 Å². The van der Waals surface area contributed by atoms with Crippen LogP contribution in [0.3, 0.4) is 0 Å². The van der Waals surface area contributed by atoms with Crippen molar-refractivity contribution >= 4 is 17.4 Å². The third-order valence-corrected chi connectivity index (χ3v) is 6.93. The number of carbonyl (C=O) groups is 1. The number of halogens is 3. The lowest BCUT2D eigenvalue weighted by Crippen LogP contribution is -2.41. The maximum absolute atomic E-state index is 12.3. The summed E-state index contributed by atoms with van der Waals surface area (Å²) >= 11 is 1.24. The predicted molar refractivity (Wildman–Crippen MR) is 117 cm³/mol. The smallest absolute Gasteiger partial charge is 0.422 e. The molecule has 2 aliphatic rings. The van der Waals surface area contributed by atoms with Crippen molar-refractivity contribution in [2.45, 2.75) is 83.5 Å². The fraction of sp³-hybridized carbons (Fsp3) is 0.818. The molecule has 1 aromatic rings. The number of nitrogens with one attached hydrogen (secondary N) is 1. The summed E-state index contributed by atoms with van der Waals surface area (Å²) in [4.78, 5) is 19.7. The van der Waals surface area contributed by atoms with Crippen LogP contribution in [0.1, 0.15) is 63.4 Å². The number of amides is 1. The fourth-order valence-corrected chi connectivity index (χ4v) is 5.19. The average Bonchev–Trinajstić information content (AvgIpc) is 2.97. The highest BCUT2D eigenvalue weighted by Crippen LogP contribution is 2.31. The maximum atomic E-state index is 12.3. The molecule has 1 aliphatic heterocycles. The van der Waals surface area contributed by atoms with Crippen LogP contribution in [0.15, 0.2) is 0 Å². The zero-order valence-electron chi connectivity index (χ0n) is 19.1. The topological polar surface area (TPSA) is 63.7 Å². The number of fused-ring (bicyclic) bond motifs is 1. The van der Waals surface area contributed by atoms with Gasteiger partial charge in [-0.25, -0.2) is 9.78 Å². The summed E-state index contributed by atoms with van der Waals surface area (Å²) in [5.74, 6) is 0.657. The van der Waals surface area contributed by atoms with Crippen LogP contribution in [0.5, 0.6) is 5.19 Å². The van der Waals surface area contributed by atoms with Crippen molar-refractivity contribution in [3.63, 3.8) is 0 Å². The highest BCUT2D eigenvalue weighted by Gasteiger charge is 2.30. The molecule has 1 fully saturated rings. The van der Waals surface area contributed by atoms with E-state index in [2.05, 4.69) is 15.2 Å². The molecule has 182 valence electrons. The molecule has 10 heteroatoms. The summed E-state index contributed by atoms with van der Waals surface area (Å²) in [7, 11) is 0. The summed E-state index contributed by atoms with van der Waals surface area (Å²) < 4.78 is 47.2. The predicted octanol–water partition coefficient (Wildman–Crippen LogP) is 4.96. The van der Waals surface area contributed by atoms with Crippen molar-refractivity contribution < 1.29 is 27.4 Å². The van der Waals surface area contributed by atoms with Gasteiger partial charge in [0.25, 0.3) is 5.19 Å². The van der Waals surface area contributed by atoms with Gasteiger partial charge in [0.05, 0.1) is 5.69 Å². The Hall–Kier alpha value is -1.55. The molecule has 2 heterocycles. The Morgan fingerprint density at radius 1 is 1.16 bits per heavy atom. The first-order valence-electron chi connectivity index (χ1n) is 11.4. The van der Waals surface area contributed by atoms with Crippen LogP contribution in [-0.2, 0) is 17.6 Å².